The third kappa shape index (κ3) is 2.97. The van der Waals surface area contributed by atoms with Crippen molar-refractivity contribution in [2.75, 3.05) is 0 Å². The van der Waals surface area contributed by atoms with Crippen LogP contribution in [0.15, 0.2) is 53.0 Å². The molecule has 3 rings (SSSR count). The summed E-state index contributed by atoms with van der Waals surface area (Å²) in [5, 5.41) is 2.94. The average Bonchev–Trinajstić information content (AvgIpc) is 2.92. The van der Waals surface area contributed by atoms with Gasteiger partial charge in [0.25, 0.3) is 5.91 Å². The molecule has 0 bridgehead atoms. The zero-order chi connectivity index (χ0) is 14.8. The van der Waals surface area contributed by atoms with Gasteiger partial charge < -0.3 is 10.3 Å². The monoisotopic (exact) mass is 343 g/mol. The van der Waals surface area contributed by atoms with Crippen LogP contribution < -0.4 is 5.32 Å². The molecule has 1 amide bonds. The molecule has 1 unspecified atom stereocenters. The quantitative estimate of drug-likeness (QED) is 0.759. The maximum absolute atomic E-state index is 12.3. The van der Waals surface area contributed by atoms with Gasteiger partial charge in [0, 0.05) is 4.47 Å². The molecule has 0 aliphatic rings. The van der Waals surface area contributed by atoms with E-state index in [4.69, 9.17) is 0 Å². The molecular weight excluding hydrogens is 330 g/mol. The van der Waals surface area contributed by atoms with Gasteiger partial charge in [-0.25, -0.2) is 4.98 Å². The van der Waals surface area contributed by atoms with E-state index in [0.29, 0.717) is 5.82 Å². The van der Waals surface area contributed by atoms with E-state index < -0.39 is 0 Å². The van der Waals surface area contributed by atoms with Gasteiger partial charge in [-0.05, 0) is 36.8 Å². The molecule has 0 fully saturated rings. The molecule has 0 aliphatic heterocycles. The predicted molar refractivity (Wildman–Crippen MR) is 86.1 cm³/mol. The Labute approximate surface area is 130 Å². The molecule has 1 heterocycles. The Morgan fingerprint density at radius 2 is 1.90 bits per heavy atom. The molecule has 2 N–H and O–H groups in total. The van der Waals surface area contributed by atoms with E-state index in [2.05, 4.69) is 31.2 Å². The van der Waals surface area contributed by atoms with Crippen molar-refractivity contribution in [1.82, 2.24) is 15.3 Å². The first kappa shape index (κ1) is 13.8. The Balaban J connectivity index is 1.77. The van der Waals surface area contributed by atoms with E-state index in [1.165, 1.54) is 0 Å². The molecule has 106 valence electrons. The summed E-state index contributed by atoms with van der Waals surface area (Å²) in [5.74, 6) is 0.127. The molecule has 0 aliphatic carbocycles. The lowest BCUT2D eigenvalue weighted by Crippen LogP contribution is -2.27. The summed E-state index contributed by atoms with van der Waals surface area (Å²) in [4.78, 5) is 19.6. The van der Waals surface area contributed by atoms with Crippen LogP contribution in [0.2, 0.25) is 0 Å². The number of aromatic amines is 1. The van der Waals surface area contributed by atoms with Gasteiger partial charge in [-0.1, -0.05) is 40.2 Å². The minimum atomic E-state index is -0.207. The van der Waals surface area contributed by atoms with Gasteiger partial charge in [-0.2, -0.15) is 0 Å². The molecule has 0 radical (unpaired) electrons. The zero-order valence-electron chi connectivity index (χ0n) is 11.4. The highest BCUT2D eigenvalue weighted by Gasteiger charge is 2.14. The number of rotatable bonds is 3. The highest BCUT2D eigenvalue weighted by Crippen LogP contribution is 2.17. The Morgan fingerprint density at radius 3 is 2.62 bits per heavy atom. The average molecular weight is 344 g/mol. The van der Waals surface area contributed by atoms with E-state index in [1.807, 2.05) is 55.5 Å². The van der Waals surface area contributed by atoms with Gasteiger partial charge in [0.1, 0.15) is 0 Å². The molecule has 21 heavy (non-hydrogen) atoms. The first-order chi connectivity index (χ1) is 10.1. The van der Waals surface area contributed by atoms with Crippen molar-refractivity contribution < 1.29 is 4.79 Å². The number of nitrogens with one attached hydrogen (secondary N) is 2. The molecule has 5 heteroatoms. The number of carbonyl (C=O) groups is 1. The number of benzene rings is 2. The van der Waals surface area contributed by atoms with E-state index in [-0.39, 0.29) is 11.9 Å². The summed E-state index contributed by atoms with van der Waals surface area (Å²) < 4.78 is 1.02. The third-order valence-corrected chi connectivity index (χ3v) is 3.85. The summed E-state index contributed by atoms with van der Waals surface area (Å²) in [6.45, 7) is 1.95. The molecular formula is C16H14BrN3O. The first-order valence-corrected chi connectivity index (χ1v) is 7.44. The van der Waals surface area contributed by atoms with Crippen LogP contribution >= 0.6 is 15.9 Å². The second-order valence-electron chi connectivity index (χ2n) is 4.85. The minimum Gasteiger partial charge on any atom is -0.343 e. The molecule has 1 atom stereocenters. The van der Waals surface area contributed by atoms with Gasteiger partial charge in [0.2, 0.25) is 0 Å². The predicted octanol–water partition coefficient (Wildman–Crippen LogP) is 3.82. The number of hydrogen-bond acceptors (Lipinski definition) is 2. The fourth-order valence-corrected chi connectivity index (χ4v) is 2.42. The van der Waals surface area contributed by atoms with Crippen LogP contribution in [0.5, 0.6) is 0 Å². The number of halogens is 1. The molecule has 2 aromatic carbocycles. The van der Waals surface area contributed by atoms with E-state index in [0.717, 1.165) is 21.1 Å². The highest BCUT2D eigenvalue weighted by atomic mass is 79.9. The Bertz CT molecular complexity index is 747. The molecule has 4 nitrogen and oxygen atoms in total. The topological polar surface area (TPSA) is 57.8 Å². The number of carbonyl (C=O) groups excluding carboxylic acids is 1. The lowest BCUT2D eigenvalue weighted by atomic mass is 10.1. The van der Waals surface area contributed by atoms with Crippen molar-refractivity contribution in [2.45, 2.75) is 13.0 Å². The highest BCUT2D eigenvalue weighted by molar-refractivity contribution is 9.10. The van der Waals surface area contributed by atoms with Crippen LogP contribution in [0.4, 0.5) is 0 Å². The summed E-state index contributed by atoms with van der Waals surface area (Å²) in [6, 6.07) is 15.4. The van der Waals surface area contributed by atoms with Crippen LogP contribution in [-0.2, 0) is 0 Å². The largest absolute Gasteiger partial charge is 0.343 e. The summed E-state index contributed by atoms with van der Waals surface area (Å²) in [5.41, 5.74) is 2.69. The number of imidazole rings is 1. The fraction of sp³-hybridized carbons (Fsp3) is 0.125. The van der Waals surface area contributed by atoms with Crippen molar-refractivity contribution >= 4 is 32.9 Å². The molecule has 0 spiro atoms. The maximum atomic E-state index is 12.3. The number of para-hydroxylation sites is 2. The number of aromatic nitrogens is 2. The van der Waals surface area contributed by atoms with Crippen LogP contribution in [0.3, 0.4) is 0 Å². The Hall–Kier alpha value is -2.14. The van der Waals surface area contributed by atoms with E-state index in [1.54, 1.807) is 0 Å². The molecule has 1 aromatic heterocycles. The molecule has 3 aromatic rings. The van der Waals surface area contributed by atoms with Gasteiger partial charge in [0.05, 0.1) is 17.1 Å². The van der Waals surface area contributed by atoms with Crippen LogP contribution in [0.25, 0.3) is 11.0 Å². The SMILES string of the molecule is CC(NC(=O)c1nc2ccccc2[nH]1)c1ccc(Br)cc1. The van der Waals surface area contributed by atoms with Crippen molar-refractivity contribution in [3.8, 4) is 0 Å². The van der Waals surface area contributed by atoms with Gasteiger partial charge in [0.15, 0.2) is 5.82 Å². The number of fused-ring (bicyclic) bond motifs is 1. The lowest BCUT2D eigenvalue weighted by Gasteiger charge is -2.13. The summed E-state index contributed by atoms with van der Waals surface area (Å²) in [6.07, 6.45) is 0. The number of nitrogens with zero attached hydrogens (tertiary/aromatic N) is 1. The fourth-order valence-electron chi connectivity index (χ4n) is 2.16. The molecule has 0 saturated carbocycles. The van der Waals surface area contributed by atoms with Crippen molar-refractivity contribution in [3.63, 3.8) is 0 Å². The zero-order valence-corrected chi connectivity index (χ0v) is 13.0. The normalized spacial score (nSPS) is 12.3. The Morgan fingerprint density at radius 1 is 1.19 bits per heavy atom. The second-order valence-corrected chi connectivity index (χ2v) is 5.76. The van der Waals surface area contributed by atoms with Crippen LogP contribution in [0.1, 0.15) is 29.1 Å². The number of H-pyrrole nitrogens is 1. The van der Waals surface area contributed by atoms with Crippen molar-refractivity contribution in [2.24, 2.45) is 0 Å². The van der Waals surface area contributed by atoms with Crippen molar-refractivity contribution in [1.29, 1.82) is 0 Å². The smallest absolute Gasteiger partial charge is 0.287 e. The molecule has 0 saturated heterocycles. The maximum Gasteiger partial charge on any atom is 0.287 e. The summed E-state index contributed by atoms with van der Waals surface area (Å²) >= 11 is 3.40. The minimum absolute atomic E-state index is 0.0844. The lowest BCUT2D eigenvalue weighted by molar-refractivity contribution is 0.0930. The number of amides is 1. The van der Waals surface area contributed by atoms with Gasteiger partial charge in [-0.15, -0.1) is 0 Å². The number of hydrogen-bond donors (Lipinski definition) is 2. The van der Waals surface area contributed by atoms with E-state index in [9.17, 15) is 4.79 Å². The van der Waals surface area contributed by atoms with Crippen LogP contribution in [-0.4, -0.2) is 15.9 Å². The first-order valence-electron chi connectivity index (χ1n) is 6.64. The second kappa shape index (κ2) is 5.69. The standard InChI is InChI=1S/C16H14BrN3O/c1-10(11-6-8-12(17)9-7-11)18-16(21)15-19-13-4-2-3-5-14(13)20-15/h2-10H,1H3,(H,18,21)(H,19,20). The third-order valence-electron chi connectivity index (χ3n) is 3.32. The van der Waals surface area contributed by atoms with Crippen LogP contribution in [0, 0.1) is 0 Å². The van der Waals surface area contributed by atoms with Gasteiger partial charge >= 0.3 is 0 Å². The van der Waals surface area contributed by atoms with E-state index >= 15 is 0 Å². The van der Waals surface area contributed by atoms with Gasteiger partial charge in [-0.3, -0.25) is 4.79 Å². The summed E-state index contributed by atoms with van der Waals surface area (Å²) in [7, 11) is 0. The Kier molecular flexibility index (Phi) is 3.75. The van der Waals surface area contributed by atoms with Crippen molar-refractivity contribution in [3.05, 3.63) is 64.4 Å².